The molecular formula is C18H20N4O8. The summed E-state index contributed by atoms with van der Waals surface area (Å²) in [5, 5.41) is 31.8. The summed E-state index contributed by atoms with van der Waals surface area (Å²) in [6, 6.07) is 7.25. The summed E-state index contributed by atoms with van der Waals surface area (Å²) in [7, 11) is 0. The zero-order chi connectivity index (χ0) is 21.7. The molecule has 2 heterocycles. The van der Waals surface area contributed by atoms with E-state index in [1.807, 2.05) is 0 Å². The van der Waals surface area contributed by atoms with E-state index in [0.717, 1.165) is 10.1 Å². The van der Waals surface area contributed by atoms with E-state index in [1.54, 1.807) is 12.1 Å². The van der Waals surface area contributed by atoms with Gasteiger partial charge in [0.05, 0.1) is 24.2 Å². The molecule has 0 aliphatic carbocycles. The molecule has 0 spiro atoms. The quantitative estimate of drug-likeness (QED) is 0.429. The number of nitrogens with zero attached hydrogens (tertiary/aromatic N) is 3. The Morgan fingerprint density at radius 1 is 1.37 bits per heavy atom. The van der Waals surface area contributed by atoms with Crippen molar-refractivity contribution in [2.24, 2.45) is 0 Å². The Morgan fingerprint density at radius 2 is 2.10 bits per heavy atom. The Bertz CT molecular complexity index is 961. The number of carbonyl (C=O) groups excluding carboxylic acids is 1. The standard InChI is InChI=1S/C18H20N4O8/c23-10-14-13(24)9-16(30-14)21-7-5-15(19-17(21)25)20-18(26)29-8-6-11-1-3-12(4-2-11)22(27)28/h1-5,7,13-14,16,23-24H,6,8-10H2,(H,19,20,25,26)/t13?,14-,16-/m1/s1. The molecular weight excluding hydrogens is 400 g/mol. The third kappa shape index (κ3) is 5.17. The van der Waals surface area contributed by atoms with Crippen LogP contribution in [0.1, 0.15) is 18.2 Å². The molecule has 12 nitrogen and oxygen atoms in total. The van der Waals surface area contributed by atoms with E-state index in [1.165, 1.54) is 24.4 Å². The highest BCUT2D eigenvalue weighted by molar-refractivity contribution is 5.83. The SMILES string of the molecule is O=C(Nc1ccn([C@H]2CC(O)[C@@H](CO)O2)c(=O)n1)OCCc1ccc([N+](=O)[O-])cc1. The van der Waals surface area contributed by atoms with Crippen LogP contribution < -0.4 is 11.0 Å². The van der Waals surface area contributed by atoms with Crippen molar-refractivity contribution in [3.63, 3.8) is 0 Å². The molecule has 2 aromatic rings. The summed E-state index contributed by atoms with van der Waals surface area (Å²) < 4.78 is 11.6. The van der Waals surface area contributed by atoms with Gasteiger partial charge < -0.3 is 19.7 Å². The average molecular weight is 420 g/mol. The fourth-order valence-electron chi connectivity index (χ4n) is 2.94. The van der Waals surface area contributed by atoms with Gasteiger partial charge in [0.25, 0.3) is 5.69 Å². The van der Waals surface area contributed by atoms with Gasteiger partial charge in [-0.2, -0.15) is 4.98 Å². The maximum absolute atomic E-state index is 12.2. The fourth-order valence-corrected chi connectivity index (χ4v) is 2.94. The van der Waals surface area contributed by atoms with Crippen molar-refractivity contribution in [2.75, 3.05) is 18.5 Å². The molecule has 3 rings (SSSR count). The topological polar surface area (TPSA) is 166 Å². The number of non-ortho nitro benzene ring substituents is 1. The van der Waals surface area contributed by atoms with E-state index >= 15 is 0 Å². The number of aliphatic hydroxyl groups is 2. The molecule has 1 aliphatic heterocycles. The lowest BCUT2D eigenvalue weighted by Crippen LogP contribution is -2.28. The van der Waals surface area contributed by atoms with E-state index in [0.29, 0.717) is 6.42 Å². The second kappa shape index (κ2) is 9.43. The van der Waals surface area contributed by atoms with Crippen molar-refractivity contribution >= 4 is 17.6 Å². The lowest BCUT2D eigenvalue weighted by atomic mass is 10.1. The molecule has 1 aliphatic rings. The van der Waals surface area contributed by atoms with Crippen molar-refractivity contribution in [1.29, 1.82) is 0 Å². The van der Waals surface area contributed by atoms with Gasteiger partial charge in [-0.1, -0.05) is 12.1 Å². The summed E-state index contributed by atoms with van der Waals surface area (Å²) >= 11 is 0. The first kappa shape index (κ1) is 21.4. The average Bonchev–Trinajstić information content (AvgIpc) is 3.09. The van der Waals surface area contributed by atoms with Crippen LogP contribution in [0.5, 0.6) is 0 Å². The van der Waals surface area contributed by atoms with Crippen LogP contribution in [0.2, 0.25) is 0 Å². The first-order valence-corrected chi connectivity index (χ1v) is 9.08. The number of nitro benzene ring substituents is 1. The second-order valence-corrected chi connectivity index (χ2v) is 6.55. The Morgan fingerprint density at radius 3 is 2.70 bits per heavy atom. The molecule has 1 unspecified atom stereocenters. The lowest BCUT2D eigenvalue weighted by Gasteiger charge is -2.14. The molecule has 1 aromatic carbocycles. The van der Waals surface area contributed by atoms with E-state index in [2.05, 4.69) is 10.3 Å². The van der Waals surface area contributed by atoms with Crippen LogP contribution in [0.3, 0.4) is 0 Å². The highest BCUT2D eigenvalue weighted by atomic mass is 16.6. The fraction of sp³-hybridized carbons (Fsp3) is 0.389. The summed E-state index contributed by atoms with van der Waals surface area (Å²) in [5.74, 6) is -0.0196. The molecule has 0 radical (unpaired) electrons. The van der Waals surface area contributed by atoms with Gasteiger partial charge in [0.15, 0.2) is 0 Å². The van der Waals surface area contributed by atoms with E-state index in [9.17, 15) is 24.8 Å². The highest BCUT2D eigenvalue weighted by Crippen LogP contribution is 2.27. The molecule has 0 saturated carbocycles. The number of carbonyl (C=O) groups is 1. The summed E-state index contributed by atoms with van der Waals surface area (Å²) in [5.41, 5.74) is 0.0335. The number of amides is 1. The molecule has 30 heavy (non-hydrogen) atoms. The Kier molecular flexibility index (Phi) is 6.72. The third-order valence-electron chi connectivity index (χ3n) is 4.53. The predicted molar refractivity (Wildman–Crippen MR) is 102 cm³/mol. The Hall–Kier alpha value is -3.35. The first-order chi connectivity index (χ1) is 14.4. The van der Waals surface area contributed by atoms with Crippen molar-refractivity contribution in [3.05, 3.63) is 62.7 Å². The normalized spacial score (nSPS) is 20.7. The smallest absolute Gasteiger partial charge is 0.412 e. The van der Waals surface area contributed by atoms with Crippen LogP contribution in [0.25, 0.3) is 0 Å². The van der Waals surface area contributed by atoms with Crippen LogP contribution in [0, 0.1) is 10.1 Å². The van der Waals surface area contributed by atoms with Gasteiger partial charge >= 0.3 is 11.8 Å². The van der Waals surface area contributed by atoms with Gasteiger partial charge in [0.2, 0.25) is 0 Å². The first-order valence-electron chi connectivity index (χ1n) is 9.08. The highest BCUT2D eigenvalue weighted by Gasteiger charge is 2.34. The minimum atomic E-state index is -0.893. The van der Waals surface area contributed by atoms with Gasteiger partial charge in [-0.15, -0.1) is 0 Å². The van der Waals surface area contributed by atoms with Crippen molar-refractivity contribution < 1.29 is 29.4 Å². The molecule has 1 aromatic heterocycles. The van der Waals surface area contributed by atoms with E-state index in [4.69, 9.17) is 14.6 Å². The minimum absolute atomic E-state index is 0.0196. The largest absolute Gasteiger partial charge is 0.449 e. The molecule has 1 saturated heterocycles. The zero-order valence-electron chi connectivity index (χ0n) is 15.7. The number of nitro groups is 1. The number of aromatic nitrogens is 2. The zero-order valence-corrected chi connectivity index (χ0v) is 15.7. The molecule has 12 heteroatoms. The van der Waals surface area contributed by atoms with Crippen LogP contribution in [-0.2, 0) is 15.9 Å². The number of ether oxygens (including phenoxy) is 2. The number of rotatable bonds is 7. The number of anilines is 1. The number of hydrogen-bond donors (Lipinski definition) is 3. The van der Waals surface area contributed by atoms with Crippen molar-refractivity contribution in [3.8, 4) is 0 Å². The summed E-state index contributed by atoms with van der Waals surface area (Å²) in [4.78, 5) is 37.9. The second-order valence-electron chi connectivity index (χ2n) is 6.55. The van der Waals surface area contributed by atoms with Crippen molar-refractivity contribution in [2.45, 2.75) is 31.3 Å². The third-order valence-corrected chi connectivity index (χ3v) is 4.53. The number of hydrogen-bond acceptors (Lipinski definition) is 9. The Labute approximate surface area is 169 Å². The van der Waals surface area contributed by atoms with Gasteiger partial charge in [-0.05, 0) is 11.6 Å². The Balaban J connectivity index is 1.50. The van der Waals surface area contributed by atoms with Crippen molar-refractivity contribution in [1.82, 2.24) is 9.55 Å². The maximum atomic E-state index is 12.2. The van der Waals surface area contributed by atoms with E-state index in [-0.39, 0.29) is 31.1 Å². The molecule has 1 amide bonds. The maximum Gasteiger partial charge on any atom is 0.412 e. The molecule has 160 valence electrons. The number of aliphatic hydroxyl groups excluding tert-OH is 2. The van der Waals surface area contributed by atoms with Crippen LogP contribution in [-0.4, -0.2) is 56.2 Å². The lowest BCUT2D eigenvalue weighted by molar-refractivity contribution is -0.384. The predicted octanol–water partition coefficient (Wildman–Crippen LogP) is 0.583. The summed E-state index contributed by atoms with van der Waals surface area (Å²) in [6.07, 6.45) is -1.40. The molecule has 1 fully saturated rings. The monoisotopic (exact) mass is 420 g/mol. The van der Waals surface area contributed by atoms with Gasteiger partial charge in [0.1, 0.15) is 18.1 Å². The molecule has 0 bridgehead atoms. The number of benzene rings is 1. The van der Waals surface area contributed by atoms with Crippen LogP contribution >= 0.6 is 0 Å². The van der Waals surface area contributed by atoms with Crippen LogP contribution in [0.15, 0.2) is 41.3 Å². The summed E-state index contributed by atoms with van der Waals surface area (Å²) in [6.45, 7) is -0.345. The molecule has 3 atom stereocenters. The minimum Gasteiger partial charge on any atom is -0.449 e. The molecule has 3 N–H and O–H groups in total. The van der Waals surface area contributed by atoms with Gasteiger partial charge in [-0.3, -0.25) is 20.0 Å². The van der Waals surface area contributed by atoms with E-state index < -0.39 is 35.1 Å². The van der Waals surface area contributed by atoms with Gasteiger partial charge in [0, 0.05) is 31.2 Å². The van der Waals surface area contributed by atoms with Crippen LogP contribution in [0.4, 0.5) is 16.3 Å². The number of nitrogens with one attached hydrogen (secondary N) is 1. The van der Waals surface area contributed by atoms with Gasteiger partial charge in [-0.25, -0.2) is 9.59 Å².